The summed E-state index contributed by atoms with van der Waals surface area (Å²) >= 11 is 0. The highest BCUT2D eigenvalue weighted by atomic mass is 16.2. The van der Waals surface area contributed by atoms with Gasteiger partial charge < -0.3 is 16.0 Å². The maximum Gasteiger partial charge on any atom is 0.319 e. The highest BCUT2D eigenvalue weighted by molar-refractivity contribution is 6.04. The van der Waals surface area contributed by atoms with Gasteiger partial charge in [-0.15, -0.1) is 0 Å². The summed E-state index contributed by atoms with van der Waals surface area (Å²) in [7, 11) is 0. The van der Waals surface area contributed by atoms with Crippen LogP contribution in [-0.2, 0) is 5.54 Å². The van der Waals surface area contributed by atoms with Gasteiger partial charge in [0.15, 0.2) is 0 Å². The van der Waals surface area contributed by atoms with E-state index < -0.39 is 0 Å². The second kappa shape index (κ2) is 8.19. The van der Waals surface area contributed by atoms with E-state index >= 15 is 0 Å². The predicted molar refractivity (Wildman–Crippen MR) is 115 cm³/mol. The summed E-state index contributed by atoms with van der Waals surface area (Å²) in [6.45, 7) is 0. The van der Waals surface area contributed by atoms with Gasteiger partial charge in [0.2, 0.25) is 0 Å². The van der Waals surface area contributed by atoms with Crippen molar-refractivity contribution in [2.45, 2.75) is 24.8 Å². The van der Waals surface area contributed by atoms with Crippen LogP contribution in [0.25, 0.3) is 0 Å². The molecule has 3 aromatic rings. The van der Waals surface area contributed by atoms with E-state index in [0.29, 0.717) is 16.9 Å². The third kappa shape index (κ3) is 4.29. The second-order valence-electron chi connectivity index (χ2n) is 7.28. The van der Waals surface area contributed by atoms with Crippen molar-refractivity contribution in [3.63, 3.8) is 0 Å². The molecule has 0 aliphatic heterocycles. The number of carbonyl (C=O) groups is 2. The fourth-order valence-electron chi connectivity index (χ4n) is 3.62. The Hall–Kier alpha value is -3.60. The van der Waals surface area contributed by atoms with Crippen molar-refractivity contribution < 1.29 is 9.59 Å². The van der Waals surface area contributed by atoms with Crippen molar-refractivity contribution in [3.05, 3.63) is 96.1 Å². The first-order valence-electron chi connectivity index (χ1n) is 9.76. The summed E-state index contributed by atoms with van der Waals surface area (Å²) in [5.41, 5.74) is 2.66. The summed E-state index contributed by atoms with van der Waals surface area (Å²) in [6, 6.07) is 26.0. The van der Waals surface area contributed by atoms with Crippen molar-refractivity contribution >= 4 is 23.3 Å². The lowest BCUT2D eigenvalue weighted by molar-refractivity contribution is 0.102. The number of benzene rings is 3. The number of rotatable bonds is 5. The van der Waals surface area contributed by atoms with E-state index in [0.717, 1.165) is 24.8 Å². The highest BCUT2D eigenvalue weighted by Crippen LogP contribution is 2.41. The molecule has 0 saturated heterocycles. The Labute approximate surface area is 170 Å². The van der Waals surface area contributed by atoms with E-state index in [-0.39, 0.29) is 17.5 Å². The van der Waals surface area contributed by atoms with Gasteiger partial charge in [0, 0.05) is 16.9 Å². The Morgan fingerprint density at radius 2 is 1.34 bits per heavy atom. The third-order valence-corrected chi connectivity index (χ3v) is 5.30. The molecule has 1 aliphatic rings. The zero-order chi connectivity index (χ0) is 20.1. The van der Waals surface area contributed by atoms with Gasteiger partial charge in [0.05, 0.1) is 5.54 Å². The molecule has 0 heterocycles. The minimum absolute atomic E-state index is 0.190. The van der Waals surface area contributed by atoms with Crippen LogP contribution in [0.5, 0.6) is 0 Å². The van der Waals surface area contributed by atoms with E-state index in [1.807, 2.05) is 36.4 Å². The van der Waals surface area contributed by atoms with E-state index in [9.17, 15) is 9.59 Å². The van der Waals surface area contributed by atoms with Crippen LogP contribution in [0.2, 0.25) is 0 Å². The molecular weight excluding hydrogens is 362 g/mol. The summed E-state index contributed by atoms with van der Waals surface area (Å²) in [4.78, 5) is 25.0. The molecule has 3 aromatic carbocycles. The minimum atomic E-state index is -0.301. The number of amides is 3. The number of anilines is 2. The molecule has 29 heavy (non-hydrogen) atoms. The standard InChI is InChI=1S/C24H23N3O2/c28-22(18-9-3-1-4-10-18)25-20-13-7-14-21(17-20)26-23(29)27-24(15-8-16-24)19-11-5-2-6-12-19/h1-7,9-14,17H,8,15-16H2,(H,25,28)(H2,26,27,29). The second-order valence-corrected chi connectivity index (χ2v) is 7.28. The van der Waals surface area contributed by atoms with Gasteiger partial charge in [0.25, 0.3) is 5.91 Å². The quantitative estimate of drug-likeness (QED) is 0.569. The molecule has 0 aromatic heterocycles. The monoisotopic (exact) mass is 385 g/mol. The van der Waals surface area contributed by atoms with E-state index in [1.165, 1.54) is 0 Å². The summed E-state index contributed by atoms with van der Waals surface area (Å²) in [5.74, 6) is -0.190. The molecular formula is C24H23N3O2. The van der Waals surface area contributed by atoms with Gasteiger partial charge in [-0.2, -0.15) is 0 Å². The molecule has 0 spiro atoms. The number of nitrogens with one attached hydrogen (secondary N) is 3. The van der Waals surface area contributed by atoms with Crippen molar-refractivity contribution in [2.75, 3.05) is 10.6 Å². The molecule has 0 atom stereocenters. The molecule has 0 bridgehead atoms. The molecule has 5 nitrogen and oxygen atoms in total. The average molecular weight is 385 g/mol. The molecule has 146 valence electrons. The SMILES string of the molecule is O=C(Nc1cccc(NC(=O)c2ccccc2)c1)NC1(c2ccccc2)CCC1. The van der Waals surface area contributed by atoms with Crippen molar-refractivity contribution in [2.24, 2.45) is 0 Å². The number of urea groups is 1. The first-order chi connectivity index (χ1) is 14.1. The summed E-state index contributed by atoms with van der Waals surface area (Å²) in [5, 5.41) is 8.89. The third-order valence-electron chi connectivity index (χ3n) is 5.30. The Morgan fingerprint density at radius 3 is 1.97 bits per heavy atom. The lowest BCUT2D eigenvalue weighted by Crippen LogP contribution is -2.52. The smallest absolute Gasteiger partial charge is 0.319 e. The Bertz CT molecular complexity index is 999. The number of hydrogen-bond donors (Lipinski definition) is 3. The average Bonchev–Trinajstić information content (AvgIpc) is 2.72. The molecule has 0 radical (unpaired) electrons. The van der Waals surface area contributed by atoms with Gasteiger partial charge in [-0.3, -0.25) is 4.79 Å². The van der Waals surface area contributed by atoms with Crippen LogP contribution in [0.1, 0.15) is 35.2 Å². The largest absolute Gasteiger partial charge is 0.328 e. The van der Waals surface area contributed by atoms with E-state index in [4.69, 9.17) is 0 Å². The summed E-state index contributed by atoms with van der Waals surface area (Å²) in [6.07, 6.45) is 2.95. The van der Waals surface area contributed by atoms with Crippen LogP contribution >= 0.6 is 0 Å². The minimum Gasteiger partial charge on any atom is -0.328 e. The van der Waals surface area contributed by atoms with Crippen LogP contribution in [0.4, 0.5) is 16.2 Å². The van der Waals surface area contributed by atoms with Crippen LogP contribution < -0.4 is 16.0 Å². The molecule has 0 unspecified atom stereocenters. The lowest BCUT2D eigenvalue weighted by atomic mass is 9.72. The Kier molecular flexibility index (Phi) is 5.29. The first-order valence-corrected chi connectivity index (χ1v) is 9.76. The number of carbonyl (C=O) groups excluding carboxylic acids is 2. The van der Waals surface area contributed by atoms with E-state index in [1.54, 1.807) is 36.4 Å². The highest BCUT2D eigenvalue weighted by Gasteiger charge is 2.39. The zero-order valence-electron chi connectivity index (χ0n) is 16.0. The van der Waals surface area contributed by atoms with Crippen LogP contribution in [-0.4, -0.2) is 11.9 Å². The first kappa shape index (κ1) is 18.7. The molecule has 4 rings (SSSR count). The van der Waals surface area contributed by atoms with Crippen molar-refractivity contribution in [3.8, 4) is 0 Å². The molecule has 5 heteroatoms. The normalized spacial score (nSPS) is 14.3. The zero-order valence-corrected chi connectivity index (χ0v) is 16.0. The molecule has 1 aliphatic carbocycles. The fourth-order valence-corrected chi connectivity index (χ4v) is 3.62. The van der Waals surface area contributed by atoms with Gasteiger partial charge in [0.1, 0.15) is 0 Å². The maximum atomic E-state index is 12.6. The topological polar surface area (TPSA) is 70.2 Å². The Morgan fingerprint density at radius 1 is 0.724 bits per heavy atom. The lowest BCUT2D eigenvalue weighted by Gasteiger charge is -2.43. The van der Waals surface area contributed by atoms with Crippen molar-refractivity contribution in [1.29, 1.82) is 0 Å². The predicted octanol–water partition coefficient (Wildman–Crippen LogP) is 5.14. The summed E-state index contributed by atoms with van der Waals surface area (Å²) < 4.78 is 0. The van der Waals surface area contributed by atoms with Gasteiger partial charge in [-0.25, -0.2) is 4.79 Å². The number of hydrogen-bond acceptors (Lipinski definition) is 2. The van der Waals surface area contributed by atoms with Crippen molar-refractivity contribution in [1.82, 2.24) is 5.32 Å². The van der Waals surface area contributed by atoms with Crippen LogP contribution in [0.3, 0.4) is 0 Å². The van der Waals surface area contributed by atoms with Gasteiger partial charge in [-0.05, 0) is 55.2 Å². The van der Waals surface area contributed by atoms with Gasteiger partial charge in [-0.1, -0.05) is 54.6 Å². The molecule has 3 N–H and O–H groups in total. The Balaban J connectivity index is 1.41. The van der Waals surface area contributed by atoms with Gasteiger partial charge >= 0.3 is 6.03 Å². The molecule has 1 saturated carbocycles. The molecule has 3 amide bonds. The van der Waals surface area contributed by atoms with Crippen LogP contribution in [0, 0.1) is 0 Å². The fraction of sp³-hybridized carbons (Fsp3) is 0.167. The molecule has 1 fully saturated rings. The van der Waals surface area contributed by atoms with E-state index in [2.05, 4.69) is 28.1 Å². The maximum absolute atomic E-state index is 12.6. The van der Waals surface area contributed by atoms with Crippen LogP contribution in [0.15, 0.2) is 84.9 Å².